The highest BCUT2D eigenvalue weighted by Gasteiger charge is 2.19. The number of carbonyl (C=O) groups excluding carboxylic acids is 1. The lowest BCUT2D eigenvalue weighted by Crippen LogP contribution is -2.18. The topological polar surface area (TPSA) is 55.1 Å². The average molecular weight is 244 g/mol. The summed E-state index contributed by atoms with van der Waals surface area (Å²) in [7, 11) is 0. The van der Waals surface area contributed by atoms with E-state index in [0.29, 0.717) is 5.56 Å². The maximum absolute atomic E-state index is 11.9. The molecule has 0 spiro atoms. The van der Waals surface area contributed by atoms with Gasteiger partial charge in [-0.3, -0.25) is 4.79 Å². The summed E-state index contributed by atoms with van der Waals surface area (Å²) < 4.78 is 4.66. The van der Waals surface area contributed by atoms with Crippen LogP contribution in [-0.4, -0.2) is 11.1 Å². The van der Waals surface area contributed by atoms with Crippen LogP contribution in [-0.2, 0) is 5.41 Å². The van der Waals surface area contributed by atoms with Crippen LogP contribution in [0, 0.1) is 0 Å². The Hall–Kier alpha value is -2.10. The van der Waals surface area contributed by atoms with Gasteiger partial charge in [-0.15, -0.1) is 0 Å². The van der Waals surface area contributed by atoms with Gasteiger partial charge in [-0.05, 0) is 17.0 Å². The van der Waals surface area contributed by atoms with Gasteiger partial charge in [0.1, 0.15) is 6.26 Å². The van der Waals surface area contributed by atoms with Crippen molar-refractivity contribution in [1.82, 2.24) is 5.16 Å². The van der Waals surface area contributed by atoms with Gasteiger partial charge in [0, 0.05) is 5.69 Å². The zero-order valence-electron chi connectivity index (χ0n) is 10.7. The first-order valence-corrected chi connectivity index (χ1v) is 5.79. The van der Waals surface area contributed by atoms with Gasteiger partial charge in [0.15, 0.2) is 0 Å². The number of nitrogens with one attached hydrogen (secondary N) is 1. The van der Waals surface area contributed by atoms with Gasteiger partial charge in [0.25, 0.3) is 5.91 Å². The minimum Gasteiger partial charge on any atom is -0.364 e. The number of rotatable bonds is 2. The fourth-order valence-corrected chi connectivity index (χ4v) is 1.76. The van der Waals surface area contributed by atoms with E-state index < -0.39 is 0 Å². The number of aromatic nitrogens is 1. The number of para-hydroxylation sites is 1. The van der Waals surface area contributed by atoms with E-state index in [2.05, 4.69) is 35.8 Å². The predicted molar refractivity (Wildman–Crippen MR) is 69.6 cm³/mol. The number of amides is 1. The maximum atomic E-state index is 11.9. The van der Waals surface area contributed by atoms with Crippen molar-refractivity contribution in [3.63, 3.8) is 0 Å². The van der Waals surface area contributed by atoms with Crippen molar-refractivity contribution in [2.45, 2.75) is 26.2 Å². The Kier molecular flexibility index (Phi) is 3.19. The second-order valence-corrected chi connectivity index (χ2v) is 5.16. The van der Waals surface area contributed by atoms with Crippen LogP contribution in [0.2, 0.25) is 0 Å². The molecule has 4 heteroatoms. The highest BCUT2D eigenvalue weighted by atomic mass is 16.5. The summed E-state index contributed by atoms with van der Waals surface area (Å²) in [4.78, 5) is 11.9. The number of nitrogens with zero attached hydrogens (tertiary/aromatic N) is 1. The highest BCUT2D eigenvalue weighted by Crippen LogP contribution is 2.29. The number of hydrogen-bond acceptors (Lipinski definition) is 3. The molecule has 1 N–H and O–H groups in total. The van der Waals surface area contributed by atoms with Crippen LogP contribution >= 0.6 is 0 Å². The number of anilines is 1. The molecule has 2 rings (SSSR count). The molecule has 0 atom stereocenters. The summed E-state index contributed by atoms with van der Waals surface area (Å²) in [6.07, 6.45) is 2.73. The van der Waals surface area contributed by atoms with Crippen LogP contribution in [0.4, 0.5) is 5.69 Å². The SMILES string of the molecule is CC(C)(C)c1ccccc1NC(=O)c1cnoc1. The highest BCUT2D eigenvalue weighted by molar-refractivity contribution is 6.04. The largest absolute Gasteiger partial charge is 0.364 e. The molecular formula is C14H16N2O2. The lowest BCUT2D eigenvalue weighted by Gasteiger charge is -2.22. The molecule has 1 amide bonds. The Bertz CT molecular complexity index is 539. The maximum Gasteiger partial charge on any atom is 0.260 e. The first kappa shape index (κ1) is 12.4. The molecule has 0 aliphatic rings. The molecule has 0 saturated carbocycles. The van der Waals surface area contributed by atoms with Crippen molar-refractivity contribution in [1.29, 1.82) is 0 Å². The van der Waals surface area contributed by atoms with Crippen molar-refractivity contribution in [3.8, 4) is 0 Å². The first-order valence-electron chi connectivity index (χ1n) is 5.79. The Morgan fingerprint density at radius 3 is 2.61 bits per heavy atom. The van der Waals surface area contributed by atoms with E-state index in [0.717, 1.165) is 11.3 Å². The molecule has 94 valence electrons. The zero-order valence-corrected chi connectivity index (χ0v) is 10.7. The molecule has 4 nitrogen and oxygen atoms in total. The normalized spacial score (nSPS) is 11.3. The number of carbonyl (C=O) groups is 1. The molecule has 18 heavy (non-hydrogen) atoms. The summed E-state index contributed by atoms with van der Waals surface area (Å²) in [6.45, 7) is 6.33. The lowest BCUT2D eigenvalue weighted by molar-refractivity contribution is 0.102. The van der Waals surface area contributed by atoms with E-state index in [1.54, 1.807) is 0 Å². The van der Waals surface area contributed by atoms with Gasteiger partial charge in [-0.2, -0.15) is 0 Å². The van der Waals surface area contributed by atoms with Gasteiger partial charge in [0.2, 0.25) is 0 Å². The first-order chi connectivity index (χ1) is 8.48. The van der Waals surface area contributed by atoms with Crippen molar-refractivity contribution in [2.75, 3.05) is 5.32 Å². The Morgan fingerprint density at radius 1 is 1.28 bits per heavy atom. The monoisotopic (exact) mass is 244 g/mol. The van der Waals surface area contributed by atoms with E-state index in [4.69, 9.17) is 0 Å². The standard InChI is InChI=1S/C14H16N2O2/c1-14(2,3)11-6-4-5-7-12(11)16-13(17)10-8-15-18-9-10/h4-9H,1-3H3,(H,16,17). The molecule has 1 aromatic heterocycles. The van der Waals surface area contributed by atoms with Crippen LogP contribution in [0.25, 0.3) is 0 Å². The van der Waals surface area contributed by atoms with Gasteiger partial charge < -0.3 is 9.84 Å². The Morgan fingerprint density at radius 2 is 2.00 bits per heavy atom. The molecule has 0 bridgehead atoms. The fraction of sp³-hybridized carbons (Fsp3) is 0.286. The smallest absolute Gasteiger partial charge is 0.260 e. The van der Waals surface area contributed by atoms with Crippen molar-refractivity contribution in [3.05, 3.63) is 47.9 Å². The van der Waals surface area contributed by atoms with Gasteiger partial charge in [-0.25, -0.2) is 0 Å². The molecule has 1 aromatic carbocycles. The molecule has 2 aromatic rings. The molecule has 1 heterocycles. The van der Waals surface area contributed by atoms with Gasteiger partial charge in [0.05, 0.1) is 11.8 Å². The van der Waals surface area contributed by atoms with Crippen molar-refractivity contribution in [2.24, 2.45) is 0 Å². The number of hydrogen-bond donors (Lipinski definition) is 1. The van der Waals surface area contributed by atoms with E-state index in [1.807, 2.05) is 24.3 Å². The van der Waals surface area contributed by atoms with Crippen LogP contribution in [0.1, 0.15) is 36.7 Å². The minimum atomic E-state index is -0.215. The second kappa shape index (κ2) is 4.64. The Balaban J connectivity index is 2.27. The summed E-state index contributed by atoms with van der Waals surface area (Å²) >= 11 is 0. The third kappa shape index (κ3) is 2.59. The quantitative estimate of drug-likeness (QED) is 0.882. The lowest BCUT2D eigenvalue weighted by atomic mass is 9.86. The van der Waals surface area contributed by atoms with E-state index in [9.17, 15) is 4.79 Å². The van der Waals surface area contributed by atoms with E-state index >= 15 is 0 Å². The third-order valence-electron chi connectivity index (χ3n) is 2.68. The fourth-order valence-electron chi connectivity index (χ4n) is 1.76. The molecule has 0 saturated heterocycles. The number of benzene rings is 1. The summed E-state index contributed by atoms with van der Waals surface area (Å²) in [6, 6.07) is 7.78. The Labute approximate surface area is 106 Å². The predicted octanol–water partition coefficient (Wildman–Crippen LogP) is 3.22. The van der Waals surface area contributed by atoms with Crippen LogP contribution in [0.15, 0.2) is 41.2 Å². The molecule has 0 radical (unpaired) electrons. The van der Waals surface area contributed by atoms with E-state index in [1.165, 1.54) is 12.5 Å². The minimum absolute atomic E-state index is 0.0292. The van der Waals surface area contributed by atoms with Crippen molar-refractivity contribution < 1.29 is 9.32 Å². The van der Waals surface area contributed by atoms with E-state index in [-0.39, 0.29) is 11.3 Å². The molecule has 0 fully saturated rings. The summed E-state index contributed by atoms with van der Waals surface area (Å²) in [5.74, 6) is -0.215. The third-order valence-corrected chi connectivity index (χ3v) is 2.68. The van der Waals surface area contributed by atoms with Gasteiger partial charge in [-0.1, -0.05) is 44.1 Å². The summed E-state index contributed by atoms with van der Waals surface area (Å²) in [5, 5.41) is 6.40. The van der Waals surface area contributed by atoms with Crippen LogP contribution in [0.3, 0.4) is 0 Å². The van der Waals surface area contributed by atoms with Crippen molar-refractivity contribution >= 4 is 11.6 Å². The molecule has 0 unspecified atom stereocenters. The second-order valence-electron chi connectivity index (χ2n) is 5.16. The average Bonchev–Trinajstić information content (AvgIpc) is 2.81. The summed E-state index contributed by atoms with van der Waals surface area (Å²) in [5.41, 5.74) is 2.29. The van der Waals surface area contributed by atoms with Gasteiger partial charge >= 0.3 is 0 Å². The van der Waals surface area contributed by atoms with Crippen LogP contribution in [0.5, 0.6) is 0 Å². The molecule has 0 aliphatic carbocycles. The molecular weight excluding hydrogens is 228 g/mol. The van der Waals surface area contributed by atoms with Crippen LogP contribution < -0.4 is 5.32 Å². The zero-order chi connectivity index (χ0) is 13.2. The molecule has 0 aliphatic heterocycles.